The summed E-state index contributed by atoms with van der Waals surface area (Å²) in [5, 5.41) is 0. The zero-order valence-electron chi connectivity index (χ0n) is 11.7. The first-order chi connectivity index (χ1) is 9.74. The predicted molar refractivity (Wildman–Crippen MR) is 79.7 cm³/mol. The molecule has 2 aliphatic heterocycles. The van der Waals surface area contributed by atoms with Gasteiger partial charge in [-0.1, -0.05) is 36.4 Å². The zero-order chi connectivity index (χ0) is 13.7. The minimum Gasteiger partial charge on any atom is -0.365 e. The van der Waals surface area contributed by atoms with Gasteiger partial charge in [0.2, 0.25) is 5.91 Å². The smallest absolute Gasteiger partial charge is 0.219 e. The molecule has 1 atom stereocenters. The third kappa shape index (κ3) is 1.62. The number of amides is 1. The Hall–Kier alpha value is -2.03. The summed E-state index contributed by atoms with van der Waals surface area (Å²) in [5.41, 5.74) is 5.53. The molecule has 1 aromatic carbocycles. The molecule has 3 aliphatic rings. The van der Waals surface area contributed by atoms with Crippen LogP contribution in [-0.2, 0) is 11.3 Å². The summed E-state index contributed by atoms with van der Waals surface area (Å²) in [6.45, 7) is 5.14. The van der Waals surface area contributed by atoms with Crippen molar-refractivity contribution in [2.24, 2.45) is 0 Å². The highest BCUT2D eigenvalue weighted by Gasteiger charge is 2.32. The topological polar surface area (TPSA) is 23.6 Å². The highest BCUT2D eigenvalue weighted by atomic mass is 16.2. The molecule has 4 rings (SSSR count). The van der Waals surface area contributed by atoms with Gasteiger partial charge >= 0.3 is 0 Å². The fraction of sp³-hybridized carbons (Fsp3) is 0.353. The van der Waals surface area contributed by atoms with Gasteiger partial charge in [-0.25, -0.2) is 0 Å². The van der Waals surface area contributed by atoms with Crippen molar-refractivity contribution in [1.82, 2.24) is 4.90 Å². The van der Waals surface area contributed by atoms with Crippen molar-refractivity contribution in [3.05, 3.63) is 53.1 Å². The van der Waals surface area contributed by atoms with E-state index in [2.05, 4.69) is 41.3 Å². The molecule has 0 bridgehead atoms. The van der Waals surface area contributed by atoms with Crippen LogP contribution in [0.15, 0.2) is 42.0 Å². The van der Waals surface area contributed by atoms with Crippen LogP contribution in [0, 0.1) is 0 Å². The van der Waals surface area contributed by atoms with Gasteiger partial charge < -0.3 is 9.80 Å². The van der Waals surface area contributed by atoms with Gasteiger partial charge in [0.15, 0.2) is 0 Å². The van der Waals surface area contributed by atoms with Gasteiger partial charge in [-0.3, -0.25) is 4.79 Å². The lowest BCUT2D eigenvalue weighted by Crippen LogP contribution is -2.37. The SMILES string of the molecule is CC(=O)N1CCN2CC3=CC=C[C@@H]3c3cccc(c32)C1. The van der Waals surface area contributed by atoms with Gasteiger partial charge in [0.25, 0.3) is 0 Å². The van der Waals surface area contributed by atoms with Crippen molar-refractivity contribution in [1.29, 1.82) is 0 Å². The summed E-state index contributed by atoms with van der Waals surface area (Å²) in [5.74, 6) is 0.617. The number of anilines is 1. The summed E-state index contributed by atoms with van der Waals surface area (Å²) in [6.07, 6.45) is 6.71. The van der Waals surface area contributed by atoms with Crippen LogP contribution in [0.1, 0.15) is 24.0 Å². The van der Waals surface area contributed by atoms with Crippen LogP contribution in [0.4, 0.5) is 5.69 Å². The molecule has 1 aliphatic carbocycles. The number of fused-ring (bicyclic) bond motifs is 2. The number of para-hydroxylation sites is 1. The molecule has 0 N–H and O–H groups in total. The van der Waals surface area contributed by atoms with E-state index < -0.39 is 0 Å². The third-order valence-corrected chi connectivity index (χ3v) is 4.64. The number of rotatable bonds is 0. The van der Waals surface area contributed by atoms with Crippen LogP contribution in [0.2, 0.25) is 0 Å². The van der Waals surface area contributed by atoms with Gasteiger partial charge in [-0.2, -0.15) is 0 Å². The van der Waals surface area contributed by atoms with Crippen molar-refractivity contribution in [2.75, 3.05) is 24.5 Å². The molecule has 0 saturated carbocycles. The van der Waals surface area contributed by atoms with Crippen molar-refractivity contribution < 1.29 is 4.79 Å². The molecule has 0 saturated heterocycles. The minimum atomic E-state index is 0.168. The number of allylic oxidation sites excluding steroid dienone is 3. The lowest BCUT2D eigenvalue weighted by atomic mass is 9.86. The van der Waals surface area contributed by atoms with Crippen molar-refractivity contribution >= 4 is 11.6 Å². The number of nitrogens with zero attached hydrogens (tertiary/aromatic N) is 2. The van der Waals surface area contributed by atoms with Crippen LogP contribution in [0.25, 0.3) is 0 Å². The summed E-state index contributed by atoms with van der Waals surface area (Å²) >= 11 is 0. The molecule has 3 heteroatoms. The van der Waals surface area contributed by atoms with Gasteiger partial charge in [0.05, 0.1) is 0 Å². The van der Waals surface area contributed by atoms with Crippen LogP contribution in [-0.4, -0.2) is 30.4 Å². The maximum atomic E-state index is 11.7. The number of hydrogen-bond acceptors (Lipinski definition) is 2. The summed E-state index contributed by atoms with van der Waals surface area (Å²) in [7, 11) is 0. The molecule has 20 heavy (non-hydrogen) atoms. The quantitative estimate of drug-likeness (QED) is 0.720. The monoisotopic (exact) mass is 266 g/mol. The molecule has 2 heterocycles. The number of carbonyl (C=O) groups is 1. The molecule has 0 spiro atoms. The number of carbonyl (C=O) groups excluding carboxylic acids is 1. The average Bonchev–Trinajstić information content (AvgIpc) is 2.82. The molecular formula is C17H18N2O. The van der Waals surface area contributed by atoms with E-state index in [1.807, 2.05) is 4.90 Å². The standard InChI is InChI=1S/C17H18N2O/c1-12(20)18-8-9-19-10-13-4-2-6-15(13)16-7-3-5-14(11-18)17(16)19/h2-7,15H,8-11H2,1H3/t15-/m0/s1. The highest BCUT2D eigenvalue weighted by molar-refractivity contribution is 5.75. The first-order valence-electron chi connectivity index (χ1n) is 7.23. The molecule has 0 radical (unpaired) electrons. The molecule has 3 nitrogen and oxygen atoms in total. The van der Waals surface area contributed by atoms with Gasteiger partial charge in [-0.15, -0.1) is 0 Å². The summed E-state index contributed by atoms with van der Waals surface area (Å²) in [6, 6.07) is 6.54. The van der Waals surface area contributed by atoms with E-state index in [1.165, 1.54) is 22.4 Å². The molecule has 0 aromatic heterocycles. The van der Waals surface area contributed by atoms with Crippen LogP contribution in [0.3, 0.4) is 0 Å². The Morgan fingerprint density at radius 3 is 3.00 bits per heavy atom. The maximum Gasteiger partial charge on any atom is 0.219 e. The average molecular weight is 266 g/mol. The molecular weight excluding hydrogens is 248 g/mol. The van der Waals surface area contributed by atoms with Gasteiger partial charge in [0, 0.05) is 44.7 Å². The van der Waals surface area contributed by atoms with Crippen LogP contribution < -0.4 is 4.90 Å². The Labute approximate surface area is 119 Å². The molecule has 0 unspecified atom stereocenters. The first kappa shape index (κ1) is 11.8. The highest BCUT2D eigenvalue weighted by Crippen LogP contribution is 2.44. The van der Waals surface area contributed by atoms with Crippen molar-refractivity contribution in [2.45, 2.75) is 19.4 Å². The van der Waals surface area contributed by atoms with E-state index in [1.54, 1.807) is 6.92 Å². The van der Waals surface area contributed by atoms with E-state index in [-0.39, 0.29) is 5.91 Å². The summed E-state index contributed by atoms with van der Waals surface area (Å²) < 4.78 is 0. The lowest BCUT2D eigenvalue weighted by Gasteiger charge is -2.35. The lowest BCUT2D eigenvalue weighted by molar-refractivity contribution is -0.129. The Morgan fingerprint density at radius 1 is 1.25 bits per heavy atom. The van der Waals surface area contributed by atoms with E-state index in [0.717, 1.165) is 26.2 Å². The third-order valence-electron chi connectivity index (χ3n) is 4.64. The minimum absolute atomic E-state index is 0.168. The Bertz CT molecular complexity index is 644. The van der Waals surface area contributed by atoms with E-state index in [0.29, 0.717) is 5.92 Å². The largest absolute Gasteiger partial charge is 0.365 e. The second kappa shape index (κ2) is 4.23. The number of benzene rings is 1. The van der Waals surface area contributed by atoms with E-state index >= 15 is 0 Å². The first-order valence-corrected chi connectivity index (χ1v) is 7.23. The molecule has 102 valence electrons. The van der Waals surface area contributed by atoms with Crippen molar-refractivity contribution in [3.8, 4) is 0 Å². The van der Waals surface area contributed by atoms with Crippen LogP contribution in [0.5, 0.6) is 0 Å². The van der Waals surface area contributed by atoms with Crippen LogP contribution >= 0.6 is 0 Å². The Kier molecular flexibility index (Phi) is 2.49. The van der Waals surface area contributed by atoms with Crippen molar-refractivity contribution in [3.63, 3.8) is 0 Å². The normalized spacial score (nSPS) is 23.1. The Balaban J connectivity index is 1.85. The Morgan fingerprint density at radius 2 is 2.15 bits per heavy atom. The fourth-order valence-electron chi connectivity index (χ4n) is 3.63. The molecule has 0 fully saturated rings. The van der Waals surface area contributed by atoms with E-state index in [9.17, 15) is 4.79 Å². The number of hydrogen-bond donors (Lipinski definition) is 0. The zero-order valence-corrected chi connectivity index (χ0v) is 11.7. The maximum absolute atomic E-state index is 11.7. The second-order valence-electron chi connectivity index (χ2n) is 5.82. The fourth-order valence-corrected chi connectivity index (χ4v) is 3.63. The second-order valence-corrected chi connectivity index (χ2v) is 5.82. The summed E-state index contributed by atoms with van der Waals surface area (Å²) in [4.78, 5) is 16.1. The van der Waals surface area contributed by atoms with Gasteiger partial charge in [-0.05, 0) is 16.7 Å². The molecule has 1 aromatic rings. The van der Waals surface area contributed by atoms with E-state index in [4.69, 9.17) is 0 Å². The van der Waals surface area contributed by atoms with Gasteiger partial charge in [0.1, 0.15) is 0 Å². The predicted octanol–water partition coefficient (Wildman–Crippen LogP) is 2.45. The molecule has 1 amide bonds.